The standard InChI is InChI=1S/C13H17N7/c1-7(2)11-9(5-20(4)19-11)16-12-10-8(3)17-18-13(10)15-6-14-12/h5-7H,1-4H3,(H2,14,15,16,17,18). The van der Waals surface area contributed by atoms with Crippen LogP contribution in [0.15, 0.2) is 12.5 Å². The van der Waals surface area contributed by atoms with E-state index in [-0.39, 0.29) is 0 Å². The van der Waals surface area contributed by atoms with Crippen molar-refractivity contribution in [3.8, 4) is 0 Å². The Bertz CT molecular complexity index is 753. The molecule has 0 saturated heterocycles. The molecule has 3 aromatic rings. The van der Waals surface area contributed by atoms with E-state index in [1.807, 2.05) is 20.2 Å². The molecule has 0 bridgehead atoms. The van der Waals surface area contributed by atoms with Gasteiger partial charge in [0, 0.05) is 18.9 Å². The third-order valence-corrected chi connectivity index (χ3v) is 3.19. The molecule has 2 N–H and O–H groups in total. The van der Waals surface area contributed by atoms with Gasteiger partial charge in [-0.3, -0.25) is 9.78 Å². The zero-order valence-corrected chi connectivity index (χ0v) is 12.0. The van der Waals surface area contributed by atoms with Gasteiger partial charge in [-0.1, -0.05) is 13.8 Å². The first-order valence-electron chi connectivity index (χ1n) is 6.52. The molecule has 20 heavy (non-hydrogen) atoms. The molecule has 104 valence electrons. The number of hydrogen-bond acceptors (Lipinski definition) is 5. The number of nitrogens with one attached hydrogen (secondary N) is 2. The summed E-state index contributed by atoms with van der Waals surface area (Å²) in [6.45, 7) is 6.19. The molecular formula is C13H17N7. The maximum Gasteiger partial charge on any atom is 0.186 e. The minimum atomic E-state index is 0.335. The Hall–Kier alpha value is -2.44. The summed E-state index contributed by atoms with van der Waals surface area (Å²) >= 11 is 0. The van der Waals surface area contributed by atoms with Crippen LogP contribution in [0.5, 0.6) is 0 Å². The maximum atomic E-state index is 4.48. The molecule has 0 aliphatic carbocycles. The molecule has 3 rings (SSSR count). The average molecular weight is 271 g/mol. The van der Waals surface area contributed by atoms with Gasteiger partial charge >= 0.3 is 0 Å². The molecule has 0 amide bonds. The summed E-state index contributed by atoms with van der Waals surface area (Å²) in [5.41, 5.74) is 3.58. The van der Waals surface area contributed by atoms with Crippen LogP contribution in [0.2, 0.25) is 0 Å². The fraction of sp³-hybridized carbons (Fsp3) is 0.385. The predicted molar refractivity (Wildman–Crippen MR) is 77.0 cm³/mol. The van der Waals surface area contributed by atoms with Crippen LogP contribution in [0.1, 0.15) is 31.2 Å². The van der Waals surface area contributed by atoms with Crippen molar-refractivity contribution < 1.29 is 0 Å². The molecule has 0 spiro atoms. The van der Waals surface area contributed by atoms with Gasteiger partial charge in [0.1, 0.15) is 12.1 Å². The first-order valence-corrected chi connectivity index (χ1v) is 6.52. The highest BCUT2D eigenvalue weighted by atomic mass is 15.3. The van der Waals surface area contributed by atoms with Crippen molar-refractivity contribution in [3.05, 3.63) is 23.9 Å². The molecule has 0 radical (unpaired) electrons. The minimum absolute atomic E-state index is 0.335. The Labute approximate surface area is 116 Å². The summed E-state index contributed by atoms with van der Waals surface area (Å²) in [7, 11) is 1.91. The smallest absolute Gasteiger partial charge is 0.186 e. The van der Waals surface area contributed by atoms with Gasteiger partial charge in [0.15, 0.2) is 5.65 Å². The van der Waals surface area contributed by atoms with Crippen molar-refractivity contribution in [1.29, 1.82) is 0 Å². The molecule has 0 atom stereocenters. The average Bonchev–Trinajstić information content (AvgIpc) is 2.94. The molecular weight excluding hydrogens is 254 g/mol. The van der Waals surface area contributed by atoms with E-state index in [9.17, 15) is 0 Å². The van der Waals surface area contributed by atoms with E-state index >= 15 is 0 Å². The first-order chi connectivity index (χ1) is 9.56. The number of fused-ring (bicyclic) bond motifs is 1. The van der Waals surface area contributed by atoms with E-state index < -0.39 is 0 Å². The largest absolute Gasteiger partial charge is 0.337 e. The molecule has 0 unspecified atom stereocenters. The predicted octanol–water partition coefficient (Wildman–Crippen LogP) is 2.26. The lowest BCUT2D eigenvalue weighted by Gasteiger charge is -2.08. The number of rotatable bonds is 3. The highest BCUT2D eigenvalue weighted by Gasteiger charge is 2.15. The Morgan fingerprint density at radius 1 is 1.30 bits per heavy atom. The van der Waals surface area contributed by atoms with Crippen LogP contribution >= 0.6 is 0 Å². The van der Waals surface area contributed by atoms with Crippen molar-refractivity contribution in [2.75, 3.05) is 5.32 Å². The van der Waals surface area contributed by atoms with Gasteiger partial charge < -0.3 is 5.32 Å². The summed E-state index contributed by atoms with van der Waals surface area (Å²) in [4.78, 5) is 8.48. The maximum absolute atomic E-state index is 4.48. The fourth-order valence-corrected chi connectivity index (χ4v) is 2.25. The van der Waals surface area contributed by atoms with Crippen molar-refractivity contribution in [2.45, 2.75) is 26.7 Å². The number of anilines is 2. The van der Waals surface area contributed by atoms with Gasteiger partial charge in [0.2, 0.25) is 0 Å². The molecule has 3 heterocycles. The molecule has 0 aliphatic heterocycles. The van der Waals surface area contributed by atoms with Crippen LogP contribution in [0.3, 0.4) is 0 Å². The number of aromatic nitrogens is 6. The highest BCUT2D eigenvalue weighted by molar-refractivity contribution is 5.90. The van der Waals surface area contributed by atoms with Gasteiger partial charge in [0.25, 0.3) is 0 Å². The Balaban J connectivity index is 2.08. The summed E-state index contributed by atoms with van der Waals surface area (Å²) in [5.74, 6) is 1.08. The van der Waals surface area contributed by atoms with Gasteiger partial charge in [-0.05, 0) is 12.8 Å². The van der Waals surface area contributed by atoms with Gasteiger partial charge in [-0.15, -0.1) is 0 Å². The van der Waals surface area contributed by atoms with E-state index in [1.54, 1.807) is 4.68 Å². The number of nitrogens with zero attached hydrogens (tertiary/aromatic N) is 5. The fourth-order valence-electron chi connectivity index (χ4n) is 2.25. The van der Waals surface area contributed by atoms with Crippen molar-refractivity contribution in [2.24, 2.45) is 7.05 Å². The minimum Gasteiger partial charge on any atom is -0.337 e. The molecule has 7 nitrogen and oxygen atoms in total. The normalized spacial score (nSPS) is 11.4. The van der Waals surface area contributed by atoms with Crippen molar-refractivity contribution in [1.82, 2.24) is 29.9 Å². The summed E-state index contributed by atoms with van der Waals surface area (Å²) in [5, 5.41) is 15.8. The molecule has 0 aliphatic rings. The van der Waals surface area contributed by atoms with Gasteiger partial charge in [-0.2, -0.15) is 10.2 Å². The van der Waals surface area contributed by atoms with Crippen LogP contribution in [0.4, 0.5) is 11.5 Å². The zero-order chi connectivity index (χ0) is 14.3. The number of aromatic amines is 1. The number of hydrogen-bond donors (Lipinski definition) is 2. The second-order valence-corrected chi connectivity index (χ2v) is 5.15. The second-order valence-electron chi connectivity index (χ2n) is 5.15. The van der Waals surface area contributed by atoms with E-state index in [0.29, 0.717) is 11.6 Å². The molecule has 0 aromatic carbocycles. The van der Waals surface area contributed by atoms with E-state index in [2.05, 4.69) is 44.4 Å². The first kappa shape index (κ1) is 12.6. The summed E-state index contributed by atoms with van der Waals surface area (Å²) in [6.07, 6.45) is 3.47. The molecule has 0 fully saturated rings. The number of H-pyrrole nitrogens is 1. The molecule has 7 heteroatoms. The third-order valence-electron chi connectivity index (χ3n) is 3.19. The summed E-state index contributed by atoms with van der Waals surface area (Å²) in [6, 6.07) is 0. The highest BCUT2D eigenvalue weighted by Crippen LogP contribution is 2.28. The topological polar surface area (TPSA) is 84.3 Å². The van der Waals surface area contributed by atoms with Crippen molar-refractivity contribution >= 4 is 22.5 Å². The third kappa shape index (κ3) is 2.01. The van der Waals surface area contributed by atoms with Gasteiger partial charge in [-0.25, -0.2) is 9.97 Å². The van der Waals surface area contributed by atoms with Crippen LogP contribution in [-0.4, -0.2) is 29.9 Å². The Kier molecular flexibility index (Phi) is 2.89. The van der Waals surface area contributed by atoms with Crippen LogP contribution in [0, 0.1) is 6.92 Å². The van der Waals surface area contributed by atoms with Crippen molar-refractivity contribution in [3.63, 3.8) is 0 Å². The van der Waals surface area contributed by atoms with Gasteiger partial charge in [0.05, 0.1) is 16.8 Å². The zero-order valence-electron chi connectivity index (χ0n) is 12.0. The SMILES string of the molecule is Cc1[nH]nc2ncnc(Nc3cn(C)nc3C(C)C)c12. The monoisotopic (exact) mass is 271 g/mol. The Morgan fingerprint density at radius 2 is 2.10 bits per heavy atom. The summed E-state index contributed by atoms with van der Waals surface area (Å²) < 4.78 is 1.80. The quantitative estimate of drug-likeness (QED) is 0.763. The lowest BCUT2D eigenvalue weighted by molar-refractivity contribution is 0.713. The lowest BCUT2D eigenvalue weighted by Crippen LogP contribution is -1.99. The van der Waals surface area contributed by atoms with E-state index in [4.69, 9.17) is 0 Å². The van der Waals surface area contributed by atoms with Crippen LogP contribution < -0.4 is 5.32 Å². The Morgan fingerprint density at radius 3 is 2.85 bits per heavy atom. The van der Waals surface area contributed by atoms with E-state index in [0.717, 1.165) is 28.3 Å². The number of aryl methyl sites for hydroxylation is 2. The second kappa shape index (κ2) is 4.59. The van der Waals surface area contributed by atoms with Crippen LogP contribution in [0.25, 0.3) is 11.0 Å². The molecule has 0 saturated carbocycles. The molecule has 3 aromatic heterocycles. The lowest BCUT2D eigenvalue weighted by atomic mass is 10.1. The van der Waals surface area contributed by atoms with Crippen LogP contribution in [-0.2, 0) is 7.05 Å². The van der Waals surface area contributed by atoms with E-state index in [1.165, 1.54) is 6.33 Å².